The molecule has 4 heteroatoms. The van der Waals surface area contributed by atoms with E-state index in [0.717, 1.165) is 27.5 Å². The summed E-state index contributed by atoms with van der Waals surface area (Å²) >= 11 is 1.55. The highest BCUT2D eigenvalue weighted by molar-refractivity contribution is 7.15. The molecule has 0 bridgehead atoms. The van der Waals surface area contributed by atoms with Gasteiger partial charge in [-0.2, -0.15) is 0 Å². The molecule has 5 rings (SSSR count). The smallest absolute Gasteiger partial charge is 0.213 e. The highest BCUT2D eigenvalue weighted by Gasteiger charge is 2.24. The average molecular weight is 380 g/mol. The van der Waals surface area contributed by atoms with Crippen LogP contribution in [-0.2, 0) is 0 Å². The summed E-state index contributed by atoms with van der Waals surface area (Å²) < 4.78 is 2.10. The van der Waals surface area contributed by atoms with Gasteiger partial charge in [-0.25, -0.2) is 4.98 Å². The quantitative estimate of drug-likeness (QED) is 0.361. The normalized spacial score (nSPS) is 11.0. The molecular weight excluding hydrogens is 364 g/mol. The maximum atomic E-state index is 13.3. The van der Waals surface area contributed by atoms with Gasteiger partial charge < -0.3 is 0 Å². The lowest BCUT2D eigenvalue weighted by Gasteiger charge is -2.07. The van der Waals surface area contributed by atoms with Crippen LogP contribution in [0.5, 0.6) is 0 Å². The van der Waals surface area contributed by atoms with Gasteiger partial charge in [-0.05, 0) is 5.56 Å². The molecule has 3 aromatic carbocycles. The molecular formula is C24H16N2OS. The first-order chi connectivity index (χ1) is 13.8. The molecule has 0 atom stereocenters. The highest BCUT2D eigenvalue weighted by atomic mass is 32.1. The molecule has 134 valence electrons. The van der Waals surface area contributed by atoms with E-state index in [9.17, 15) is 4.79 Å². The van der Waals surface area contributed by atoms with E-state index in [1.165, 1.54) is 0 Å². The van der Waals surface area contributed by atoms with Crippen molar-refractivity contribution < 1.29 is 4.79 Å². The van der Waals surface area contributed by atoms with E-state index in [1.54, 1.807) is 11.3 Å². The van der Waals surface area contributed by atoms with Gasteiger partial charge in [0.25, 0.3) is 0 Å². The van der Waals surface area contributed by atoms with Crippen molar-refractivity contribution in [2.75, 3.05) is 0 Å². The van der Waals surface area contributed by atoms with E-state index >= 15 is 0 Å². The molecule has 0 radical (unpaired) electrons. The maximum absolute atomic E-state index is 13.3. The van der Waals surface area contributed by atoms with Crippen LogP contribution in [0.25, 0.3) is 27.5 Å². The number of hydrogen-bond acceptors (Lipinski definition) is 3. The number of imidazole rings is 1. The van der Waals surface area contributed by atoms with Crippen LogP contribution >= 0.6 is 11.3 Å². The molecule has 0 aliphatic heterocycles. The zero-order valence-electron chi connectivity index (χ0n) is 14.9. The minimum Gasteiger partial charge on any atom is -0.287 e. The summed E-state index contributed by atoms with van der Waals surface area (Å²) in [5, 5.41) is 2.10. The zero-order chi connectivity index (χ0) is 18.9. The standard InChI is InChI=1S/C24H16N2OS/c27-23(19-14-8-3-9-15-19)21-22(18-12-6-2-7-13-18)26-20(16-28-24(26)25-21)17-10-4-1-5-11-17/h1-16H. The Balaban J connectivity index is 1.80. The van der Waals surface area contributed by atoms with Gasteiger partial charge in [-0.15, -0.1) is 11.3 Å². The summed E-state index contributed by atoms with van der Waals surface area (Å²) in [6, 6.07) is 29.5. The number of hydrogen-bond donors (Lipinski definition) is 0. The van der Waals surface area contributed by atoms with Gasteiger partial charge in [0.1, 0.15) is 5.69 Å². The summed E-state index contributed by atoms with van der Waals surface area (Å²) in [7, 11) is 0. The summed E-state index contributed by atoms with van der Waals surface area (Å²) in [6.07, 6.45) is 0. The predicted molar refractivity (Wildman–Crippen MR) is 114 cm³/mol. The number of thiazole rings is 1. The topological polar surface area (TPSA) is 34.4 Å². The van der Waals surface area contributed by atoms with Crippen molar-refractivity contribution >= 4 is 22.1 Å². The molecule has 28 heavy (non-hydrogen) atoms. The Labute approximate surface area is 166 Å². The van der Waals surface area contributed by atoms with E-state index in [2.05, 4.69) is 21.9 Å². The monoisotopic (exact) mass is 380 g/mol. The molecule has 0 saturated carbocycles. The maximum Gasteiger partial charge on any atom is 0.213 e. The summed E-state index contributed by atoms with van der Waals surface area (Å²) in [6.45, 7) is 0. The van der Waals surface area contributed by atoms with E-state index in [-0.39, 0.29) is 5.78 Å². The van der Waals surface area contributed by atoms with Crippen LogP contribution in [0.1, 0.15) is 16.1 Å². The Bertz CT molecular complexity index is 1260. The third-order valence-corrected chi connectivity index (χ3v) is 5.56. The molecule has 0 aliphatic carbocycles. The van der Waals surface area contributed by atoms with Gasteiger partial charge in [0.2, 0.25) is 5.78 Å². The number of aromatic nitrogens is 2. The van der Waals surface area contributed by atoms with Gasteiger partial charge in [0.15, 0.2) is 4.96 Å². The van der Waals surface area contributed by atoms with E-state index in [0.29, 0.717) is 11.3 Å². The average Bonchev–Trinajstić information content (AvgIpc) is 3.34. The lowest BCUT2D eigenvalue weighted by Crippen LogP contribution is -2.04. The molecule has 0 N–H and O–H groups in total. The van der Waals surface area contributed by atoms with Crippen molar-refractivity contribution in [3.8, 4) is 22.5 Å². The Morgan fingerprint density at radius 2 is 1.32 bits per heavy atom. The lowest BCUT2D eigenvalue weighted by atomic mass is 10.0. The first kappa shape index (κ1) is 16.7. The largest absolute Gasteiger partial charge is 0.287 e. The van der Waals surface area contributed by atoms with Gasteiger partial charge >= 0.3 is 0 Å². The second kappa shape index (κ2) is 6.91. The number of ketones is 1. The number of carbonyl (C=O) groups is 1. The first-order valence-electron chi connectivity index (χ1n) is 9.03. The van der Waals surface area contributed by atoms with Gasteiger partial charge in [0.05, 0.1) is 11.4 Å². The van der Waals surface area contributed by atoms with E-state index < -0.39 is 0 Å². The minimum absolute atomic E-state index is 0.0608. The summed E-state index contributed by atoms with van der Waals surface area (Å²) in [4.78, 5) is 18.8. The van der Waals surface area contributed by atoms with Crippen LogP contribution in [0.3, 0.4) is 0 Å². The second-order valence-corrected chi connectivity index (χ2v) is 7.31. The van der Waals surface area contributed by atoms with Crippen molar-refractivity contribution in [1.82, 2.24) is 9.38 Å². The van der Waals surface area contributed by atoms with Crippen molar-refractivity contribution in [1.29, 1.82) is 0 Å². The van der Waals surface area contributed by atoms with Crippen molar-refractivity contribution in [3.63, 3.8) is 0 Å². The molecule has 0 aliphatic rings. The molecule has 5 aromatic rings. The fourth-order valence-electron chi connectivity index (χ4n) is 3.42. The number of benzene rings is 3. The number of nitrogens with zero attached hydrogens (tertiary/aromatic N) is 2. The molecule has 0 amide bonds. The van der Waals surface area contributed by atoms with Crippen LogP contribution < -0.4 is 0 Å². The predicted octanol–water partition coefficient (Wildman–Crippen LogP) is 5.96. The van der Waals surface area contributed by atoms with Crippen LogP contribution in [0.4, 0.5) is 0 Å². The van der Waals surface area contributed by atoms with Crippen molar-refractivity contribution in [3.05, 3.63) is 108 Å². The van der Waals surface area contributed by atoms with Crippen molar-refractivity contribution in [2.24, 2.45) is 0 Å². The molecule has 2 aromatic heterocycles. The Hall–Kier alpha value is -3.50. The van der Waals surface area contributed by atoms with Crippen LogP contribution in [0.2, 0.25) is 0 Å². The summed E-state index contributed by atoms with van der Waals surface area (Å²) in [5.41, 5.74) is 5.09. The zero-order valence-corrected chi connectivity index (χ0v) is 15.8. The van der Waals surface area contributed by atoms with E-state index in [4.69, 9.17) is 4.98 Å². The Morgan fingerprint density at radius 3 is 1.96 bits per heavy atom. The van der Waals surface area contributed by atoms with Crippen molar-refractivity contribution in [2.45, 2.75) is 0 Å². The summed E-state index contributed by atoms with van der Waals surface area (Å²) in [5.74, 6) is -0.0608. The molecule has 0 unspecified atom stereocenters. The van der Waals surface area contributed by atoms with Gasteiger partial charge in [-0.1, -0.05) is 91.0 Å². The molecule has 2 heterocycles. The second-order valence-electron chi connectivity index (χ2n) is 6.48. The number of fused-ring (bicyclic) bond motifs is 1. The van der Waals surface area contributed by atoms with Gasteiger partial charge in [-0.3, -0.25) is 9.20 Å². The lowest BCUT2D eigenvalue weighted by molar-refractivity contribution is 0.103. The molecule has 0 saturated heterocycles. The van der Waals surface area contributed by atoms with Crippen LogP contribution in [0, 0.1) is 0 Å². The third-order valence-electron chi connectivity index (χ3n) is 4.73. The van der Waals surface area contributed by atoms with E-state index in [1.807, 2.05) is 78.9 Å². The number of carbonyl (C=O) groups excluding carboxylic acids is 1. The highest BCUT2D eigenvalue weighted by Crippen LogP contribution is 2.34. The molecule has 3 nitrogen and oxygen atoms in total. The fourth-order valence-corrected chi connectivity index (χ4v) is 4.31. The minimum atomic E-state index is -0.0608. The third kappa shape index (κ3) is 2.75. The Morgan fingerprint density at radius 1 is 0.750 bits per heavy atom. The Kier molecular flexibility index (Phi) is 4.11. The van der Waals surface area contributed by atoms with Crippen LogP contribution in [0.15, 0.2) is 96.4 Å². The SMILES string of the molecule is O=C(c1ccccc1)c1nc2scc(-c3ccccc3)n2c1-c1ccccc1. The van der Waals surface area contributed by atoms with Gasteiger partial charge in [0, 0.05) is 16.5 Å². The first-order valence-corrected chi connectivity index (χ1v) is 9.91. The van der Waals surface area contributed by atoms with Crippen LogP contribution in [-0.4, -0.2) is 15.2 Å². The fraction of sp³-hybridized carbons (Fsp3) is 0. The molecule has 0 spiro atoms. The molecule has 0 fully saturated rings. The number of rotatable bonds is 4.